The van der Waals surface area contributed by atoms with Gasteiger partial charge in [0, 0.05) is 18.7 Å². The maximum Gasteiger partial charge on any atom is 0.264 e. The van der Waals surface area contributed by atoms with Crippen molar-refractivity contribution in [2.75, 3.05) is 11.4 Å². The lowest BCUT2D eigenvalue weighted by Gasteiger charge is -2.20. The summed E-state index contributed by atoms with van der Waals surface area (Å²) in [7, 11) is -2.27. The Kier molecular flexibility index (Phi) is 6.90. The predicted molar refractivity (Wildman–Crippen MR) is 120 cm³/mol. The molecule has 3 rings (SSSR count). The van der Waals surface area contributed by atoms with Crippen LogP contribution >= 0.6 is 0 Å². The van der Waals surface area contributed by atoms with E-state index in [1.54, 1.807) is 36.4 Å². The lowest BCUT2D eigenvalue weighted by molar-refractivity contribution is 0.0938. The number of hydrogen-bond acceptors (Lipinski definition) is 3. The number of sulfonamides is 1. The Morgan fingerprint density at radius 3 is 2.23 bits per heavy atom. The maximum atomic E-state index is 13.0. The highest BCUT2D eigenvalue weighted by atomic mass is 32.2. The van der Waals surface area contributed by atoms with E-state index in [9.17, 15) is 13.2 Å². The van der Waals surface area contributed by atoms with Crippen LogP contribution in [0.5, 0.6) is 0 Å². The Morgan fingerprint density at radius 1 is 0.933 bits per heavy atom. The Bertz CT molecular complexity index is 1080. The van der Waals surface area contributed by atoms with Crippen molar-refractivity contribution in [1.29, 1.82) is 0 Å². The van der Waals surface area contributed by atoms with Crippen LogP contribution in [0.4, 0.5) is 5.69 Å². The first-order valence-corrected chi connectivity index (χ1v) is 11.3. The zero-order chi connectivity index (χ0) is 21.6. The van der Waals surface area contributed by atoms with Crippen molar-refractivity contribution in [2.24, 2.45) is 0 Å². The fourth-order valence-electron chi connectivity index (χ4n) is 3.14. The van der Waals surface area contributed by atoms with Gasteiger partial charge in [-0.15, -0.1) is 0 Å². The lowest BCUT2D eigenvalue weighted by atomic mass is 10.1. The van der Waals surface area contributed by atoms with E-state index < -0.39 is 10.0 Å². The topological polar surface area (TPSA) is 66.5 Å². The second-order valence-electron chi connectivity index (χ2n) is 7.23. The maximum absolute atomic E-state index is 13.0. The van der Waals surface area contributed by atoms with Gasteiger partial charge in [-0.2, -0.15) is 0 Å². The molecule has 30 heavy (non-hydrogen) atoms. The number of benzene rings is 3. The smallest absolute Gasteiger partial charge is 0.264 e. The number of amides is 1. The first kappa shape index (κ1) is 21.6. The third-order valence-electron chi connectivity index (χ3n) is 4.96. The van der Waals surface area contributed by atoms with Crippen LogP contribution in [0.1, 0.15) is 29.3 Å². The summed E-state index contributed by atoms with van der Waals surface area (Å²) < 4.78 is 27.2. The molecular formula is C24H26N2O3S. The minimum absolute atomic E-state index is 0.0371. The third-order valence-corrected chi connectivity index (χ3v) is 6.74. The van der Waals surface area contributed by atoms with Crippen molar-refractivity contribution >= 4 is 21.6 Å². The largest absolute Gasteiger partial charge is 0.350 e. The summed E-state index contributed by atoms with van der Waals surface area (Å²) >= 11 is 0. The molecule has 0 radical (unpaired) electrons. The first-order chi connectivity index (χ1) is 14.4. The van der Waals surface area contributed by atoms with E-state index >= 15 is 0 Å². The van der Waals surface area contributed by atoms with Gasteiger partial charge in [-0.05, 0) is 55.7 Å². The standard InChI is InChI=1S/C24H26N2O3S/c1-19(16-17-20-10-5-3-6-11-20)25-24(27)21-12-9-15-23(18-21)30(28,29)26(2)22-13-7-4-8-14-22/h3-15,18-19H,16-17H2,1-2H3,(H,25,27)/t19-/m1/s1. The Morgan fingerprint density at radius 2 is 1.57 bits per heavy atom. The molecule has 0 aliphatic rings. The summed E-state index contributed by atoms with van der Waals surface area (Å²) in [6.45, 7) is 1.95. The summed E-state index contributed by atoms with van der Waals surface area (Å²) in [6, 6.07) is 25.0. The van der Waals surface area contributed by atoms with Gasteiger partial charge >= 0.3 is 0 Å². The van der Waals surface area contributed by atoms with Crippen molar-refractivity contribution in [3.8, 4) is 0 Å². The highest BCUT2D eigenvalue weighted by molar-refractivity contribution is 7.92. The van der Waals surface area contributed by atoms with Gasteiger partial charge < -0.3 is 5.32 Å². The molecule has 3 aromatic carbocycles. The zero-order valence-electron chi connectivity index (χ0n) is 17.2. The summed E-state index contributed by atoms with van der Waals surface area (Å²) in [6.07, 6.45) is 1.66. The van der Waals surface area contributed by atoms with E-state index in [0.29, 0.717) is 11.3 Å². The van der Waals surface area contributed by atoms with Gasteiger partial charge in [0.1, 0.15) is 0 Å². The SMILES string of the molecule is C[C@H](CCc1ccccc1)NC(=O)c1cccc(S(=O)(=O)N(C)c2ccccc2)c1. The van der Waals surface area contributed by atoms with Gasteiger partial charge in [-0.3, -0.25) is 9.10 Å². The van der Waals surface area contributed by atoms with Crippen molar-refractivity contribution in [1.82, 2.24) is 5.32 Å². The molecule has 6 heteroatoms. The highest BCUT2D eigenvalue weighted by Gasteiger charge is 2.22. The second kappa shape index (κ2) is 9.59. The van der Waals surface area contributed by atoms with Gasteiger partial charge in [0.25, 0.3) is 15.9 Å². The van der Waals surface area contributed by atoms with Gasteiger partial charge in [-0.1, -0.05) is 54.6 Å². The molecule has 0 aliphatic heterocycles. The fraction of sp³-hybridized carbons (Fsp3) is 0.208. The molecule has 1 N–H and O–H groups in total. The normalized spacial score (nSPS) is 12.2. The molecule has 0 heterocycles. The molecule has 0 aliphatic carbocycles. The average molecular weight is 423 g/mol. The first-order valence-electron chi connectivity index (χ1n) is 9.87. The van der Waals surface area contributed by atoms with Crippen molar-refractivity contribution in [3.05, 3.63) is 96.1 Å². The van der Waals surface area contributed by atoms with Gasteiger partial charge in [0.05, 0.1) is 10.6 Å². The summed E-state index contributed by atoms with van der Waals surface area (Å²) in [5, 5.41) is 2.96. The molecule has 0 unspecified atom stereocenters. The molecule has 0 fully saturated rings. The van der Waals surface area contributed by atoms with E-state index in [4.69, 9.17) is 0 Å². The van der Waals surface area contributed by atoms with Crippen molar-refractivity contribution in [2.45, 2.75) is 30.7 Å². The number of carbonyl (C=O) groups is 1. The molecule has 0 bridgehead atoms. The van der Waals surface area contributed by atoms with Crippen LogP contribution in [-0.2, 0) is 16.4 Å². The van der Waals surface area contributed by atoms with Crippen molar-refractivity contribution < 1.29 is 13.2 Å². The molecule has 0 saturated heterocycles. The Balaban J connectivity index is 1.69. The summed E-state index contributed by atoms with van der Waals surface area (Å²) in [4.78, 5) is 12.7. The van der Waals surface area contributed by atoms with E-state index in [2.05, 4.69) is 17.4 Å². The van der Waals surface area contributed by atoms with Crippen LogP contribution in [0.2, 0.25) is 0 Å². The Hall–Kier alpha value is -3.12. The molecular weight excluding hydrogens is 396 g/mol. The number of rotatable bonds is 8. The van der Waals surface area contributed by atoms with Crippen LogP contribution in [0.3, 0.4) is 0 Å². The number of anilines is 1. The van der Waals surface area contributed by atoms with E-state index in [0.717, 1.165) is 12.8 Å². The minimum atomic E-state index is -3.77. The predicted octanol–water partition coefficient (Wildman–Crippen LogP) is 4.26. The molecule has 3 aromatic rings. The average Bonchev–Trinajstić information content (AvgIpc) is 2.78. The van der Waals surface area contributed by atoms with E-state index in [1.807, 2.05) is 31.2 Å². The number of aryl methyl sites for hydroxylation is 1. The minimum Gasteiger partial charge on any atom is -0.350 e. The zero-order valence-corrected chi connectivity index (χ0v) is 18.0. The lowest BCUT2D eigenvalue weighted by Crippen LogP contribution is -2.33. The van der Waals surface area contributed by atoms with Gasteiger partial charge in [0.15, 0.2) is 0 Å². The van der Waals surface area contributed by atoms with Crippen LogP contribution in [0.25, 0.3) is 0 Å². The van der Waals surface area contributed by atoms with Crippen LogP contribution in [-0.4, -0.2) is 27.4 Å². The molecule has 5 nitrogen and oxygen atoms in total. The molecule has 1 atom stereocenters. The number of hydrogen-bond donors (Lipinski definition) is 1. The molecule has 1 amide bonds. The van der Waals surface area contributed by atoms with Crippen LogP contribution in [0.15, 0.2) is 89.8 Å². The van der Waals surface area contributed by atoms with Crippen molar-refractivity contribution in [3.63, 3.8) is 0 Å². The molecule has 0 spiro atoms. The molecule has 0 aromatic heterocycles. The second-order valence-corrected chi connectivity index (χ2v) is 9.20. The summed E-state index contributed by atoms with van der Waals surface area (Å²) in [5.74, 6) is -0.282. The molecule has 0 saturated carbocycles. The number of para-hydroxylation sites is 1. The number of nitrogens with zero attached hydrogens (tertiary/aromatic N) is 1. The monoisotopic (exact) mass is 422 g/mol. The Labute approximate surface area is 178 Å². The number of nitrogens with one attached hydrogen (secondary N) is 1. The van der Waals surface area contributed by atoms with Gasteiger partial charge in [-0.25, -0.2) is 8.42 Å². The number of carbonyl (C=O) groups excluding carboxylic acids is 1. The summed E-state index contributed by atoms with van der Waals surface area (Å²) in [5.41, 5.74) is 2.10. The quantitative estimate of drug-likeness (QED) is 0.590. The van der Waals surface area contributed by atoms with Gasteiger partial charge in [0.2, 0.25) is 0 Å². The highest BCUT2D eigenvalue weighted by Crippen LogP contribution is 2.22. The molecule has 156 valence electrons. The van der Waals surface area contributed by atoms with E-state index in [-0.39, 0.29) is 16.8 Å². The van der Waals surface area contributed by atoms with Crippen LogP contribution in [0, 0.1) is 0 Å². The van der Waals surface area contributed by atoms with Crippen LogP contribution < -0.4 is 9.62 Å². The fourth-order valence-corrected chi connectivity index (χ4v) is 4.38. The van der Waals surface area contributed by atoms with E-state index in [1.165, 1.54) is 29.0 Å². The third kappa shape index (κ3) is 5.27.